The van der Waals surface area contributed by atoms with E-state index in [-0.39, 0.29) is 0 Å². The predicted octanol–water partition coefficient (Wildman–Crippen LogP) is 2.87. The highest BCUT2D eigenvalue weighted by Crippen LogP contribution is 2.30. The van der Waals surface area contributed by atoms with E-state index < -0.39 is 6.10 Å². The highest BCUT2D eigenvalue weighted by molar-refractivity contribution is 5.47. The normalized spacial score (nSPS) is 11.8. The van der Waals surface area contributed by atoms with Gasteiger partial charge in [0.1, 0.15) is 11.5 Å². The fourth-order valence-electron chi connectivity index (χ4n) is 2.24. The van der Waals surface area contributed by atoms with Crippen molar-refractivity contribution in [2.75, 3.05) is 32.7 Å². The van der Waals surface area contributed by atoms with E-state index in [1.165, 1.54) is 0 Å². The number of para-hydroxylation sites is 1. The summed E-state index contributed by atoms with van der Waals surface area (Å²) >= 11 is 0. The van der Waals surface area contributed by atoms with Gasteiger partial charge in [0, 0.05) is 30.9 Å². The molecule has 0 aliphatic rings. The van der Waals surface area contributed by atoms with E-state index in [9.17, 15) is 5.11 Å². The second-order valence-electron chi connectivity index (χ2n) is 4.84. The topological polar surface area (TPSA) is 41.9 Å². The monoisotopic (exact) mass is 287 g/mol. The number of benzene rings is 2. The van der Waals surface area contributed by atoms with E-state index in [4.69, 9.17) is 9.47 Å². The average molecular weight is 287 g/mol. The van der Waals surface area contributed by atoms with Crippen LogP contribution in [0.15, 0.2) is 48.5 Å². The predicted molar refractivity (Wildman–Crippen MR) is 84.2 cm³/mol. The number of hydrogen-bond acceptors (Lipinski definition) is 4. The molecule has 0 saturated carbocycles. The molecule has 1 N–H and O–H groups in total. The summed E-state index contributed by atoms with van der Waals surface area (Å²) in [6, 6.07) is 15.4. The van der Waals surface area contributed by atoms with Gasteiger partial charge in [0.25, 0.3) is 0 Å². The zero-order valence-corrected chi connectivity index (χ0v) is 12.6. The molecule has 0 spiro atoms. The molecule has 2 aromatic rings. The fraction of sp³-hybridized carbons (Fsp3) is 0.294. The highest BCUT2D eigenvalue weighted by atomic mass is 16.5. The molecule has 2 aromatic carbocycles. The van der Waals surface area contributed by atoms with Crippen LogP contribution in [0.2, 0.25) is 0 Å². The van der Waals surface area contributed by atoms with Crippen molar-refractivity contribution >= 4 is 5.69 Å². The van der Waals surface area contributed by atoms with Crippen LogP contribution in [0.25, 0.3) is 0 Å². The molecule has 21 heavy (non-hydrogen) atoms. The van der Waals surface area contributed by atoms with E-state index in [2.05, 4.69) is 0 Å². The summed E-state index contributed by atoms with van der Waals surface area (Å²) in [6.45, 7) is 0.479. The van der Waals surface area contributed by atoms with Crippen molar-refractivity contribution in [1.29, 1.82) is 0 Å². The van der Waals surface area contributed by atoms with Crippen LogP contribution in [-0.2, 0) is 0 Å². The Balaban J connectivity index is 2.14. The molecule has 2 rings (SSSR count). The van der Waals surface area contributed by atoms with Gasteiger partial charge in [-0.15, -0.1) is 0 Å². The molecule has 0 heterocycles. The van der Waals surface area contributed by atoms with Gasteiger partial charge < -0.3 is 19.5 Å². The minimum Gasteiger partial charge on any atom is -0.497 e. The minimum atomic E-state index is -0.643. The second kappa shape index (κ2) is 6.99. The van der Waals surface area contributed by atoms with E-state index >= 15 is 0 Å². The third-order valence-electron chi connectivity index (χ3n) is 3.44. The van der Waals surface area contributed by atoms with Gasteiger partial charge in [0.2, 0.25) is 0 Å². The lowest BCUT2D eigenvalue weighted by Crippen LogP contribution is -2.24. The molecule has 0 radical (unpaired) electrons. The second-order valence-corrected chi connectivity index (χ2v) is 4.84. The van der Waals surface area contributed by atoms with Crippen molar-refractivity contribution in [3.05, 3.63) is 54.1 Å². The molecule has 0 amide bonds. The number of methoxy groups -OCH3 is 2. The number of aliphatic hydroxyl groups excluding tert-OH is 1. The zero-order valence-electron chi connectivity index (χ0n) is 12.6. The lowest BCUT2D eigenvalue weighted by Gasteiger charge is -2.24. The average Bonchev–Trinajstić information content (AvgIpc) is 2.54. The lowest BCUT2D eigenvalue weighted by molar-refractivity contribution is 0.180. The van der Waals surface area contributed by atoms with Crippen molar-refractivity contribution in [3.63, 3.8) is 0 Å². The smallest absolute Gasteiger partial charge is 0.128 e. The van der Waals surface area contributed by atoms with E-state index in [0.29, 0.717) is 18.0 Å². The summed E-state index contributed by atoms with van der Waals surface area (Å²) in [4.78, 5) is 2.01. The lowest BCUT2D eigenvalue weighted by atomic mass is 10.1. The molecule has 0 aliphatic heterocycles. The van der Waals surface area contributed by atoms with Gasteiger partial charge in [-0.1, -0.05) is 18.2 Å². The maximum atomic E-state index is 10.5. The van der Waals surface area contributed by atoms with Crippen LogP contribution < -0.4 is 14.4 Å². The summed E-state index contributed by atoms with van der Waals surface area (Å²) in [5.74, 6) is 1.34. The van der Waals surface area contributed by atoms with Crippen LogP contribution in [0, 0.1) is 0 Å². The molecule has 0 aromatic heterocycles. The Morgan fingerprint density at radius 3 is 2.38 bits per heavy atom. The molecule has 0 saturated heterocycles. The minimum absolute atomic E-state index is 0.479. The maximum absolute atomic E-state index is 10.5. The maximum Gasteiger partial charge on any atom is 0.128 e. The molecule has 0 bridgehead atoms. The number of aliphatic hydroxyl groups is 1. The van der Waals surface area contributed by atoms with Gasteiger partial charge in [-0.05, 0) is 24.3 Å². The third-order valence-corrected chi connectivity index (χ3v) is 3.44. The Kier molecular flexibility index (Phi) is 5.06. The molecule has 4 heteroatoms. The molecule has 4 nitrogen and oxygen atoms in total. The van der Waals surface area contributed by atoms with E-state index in [1.54, 1.807) is 20.3 Å². The van der Waals surface area contributed by atoms with Crippen molar-refractivity contribution in [1.82, 2.24) is 0 Å². The number of rotatable bonds is 6. The van der Waals surface area contributed by atoms with Gasteiger partial charge in [-0.3, -0.25) is 0 Å². The molecular formula is C17H21NO3. The van der Waals surface area contributed by atoms with Crippen LogP contribution >= 0.6 is 0 Å². The fourth-order valence-corrected chi connectivity index (χ4v) is 2.24. The van der Waals surface area contributed by atoms with Crippen molar-refractivity contribution < 1.29 is 14.6 Å². The van der Waals surface area contributed by atoms with Crippen LogP contribution in [0.4, 0.5) is 5.69 Å². The van der Waals surface area contributed by atoms with Gasteiger partial charge >= 0.3 is 0 Å². The van der Waals surface area contributed by atoms with E-state index in [0.717, 1.165) is 11.3 Å². The Morgan fingerprint density at radius 1 is 1.05 bits per heavy atom. The standard InChI is InChI=1S/C17H21NO3/c1-18(13-7-5-4-6-8-13)12-16(19)15-10-9-14(20-2)11-17(15)21-3/h4-11,16,19H,12H2,1-3H3. The Morgan fingerprint density at radius 2 is 1.76 bits per heavy atom. The number of hydrogen-bond donors (Lipinski definition) is 1. The summed E-state index contributed by atoms with van der Waals surface area (Å²) < 4.78 is 10.5. The van der Waals surface area contributed by atoms with Gasteiger partial charge in [0.15, 0.2) is 0 Å². The first-order valence-corrected chi connectivity index (χ1v) is 6.82. The Hall–Kier alpha value is -2.20. The van der Waals surface area contributed by atoms with Gasteiger partial charge in [0.05, 0.1) is 20.3 Å². The molecule has 0 fully saturated rings. The number of anilines is 1. The molecule has 1 atom stereocenters. The Labute approximate surface area is 125 Å². The summed E-state index contributed by atoms with van der Waals surface area (Å²) in [5, 5.41) is 10.5. The van der Waals surface area contributed by atoms with Gasteiger partial charge in [-0.2, -0.15) is 0 Å². The van der Waals surface area contributed by atoms with Crippen LogP contribution in [0.1, 0.15) is 11.7 Å². The van der Waals surface area contributed by atoms with Crippen molar-refractivity contribution in [3.8, 4) is 11.5 Å². The third kappa shape index (κ3) is 3.67. The first-order chi connectivity index (χ1) is 10.2. The van der Waals surface area contributed by atoms with Crippen LogP contribution in [0.3, 0.4) is 0 Å². The number of ether oxygens (including phenoxy) is 2. The molecular weight excluding hydrogens is 266 g/mol. The van der Waals surface area contributed by atoms with Crippen LogP contribution in [-0.4, -0.2) is 32.9 Å². The Bertz CT molecular complexity index is 572. The number of likely N-dealkylation sites (N-methyl/N-ethyl adjacent to an activating group) is 1. The molecule has 1 unspecified atom stereocenters. The van der Waals surface area contributed by atoms with Crippen molar-refractivity contribution in [2.24, 2.45) is 0 Å². The molecule has 112 valence electrons. The summed E-state index contributed by atoms with van der Waals surface area (Å²) in [5.41, 5.74) is 1.81. The van der Waals surface area contributed by atoms with Crippen LogP contribution in [0.5, 0.6) is 11.5 Å². The number of nitrogens with zero attached hydrogens (tertiary/aromatic N) is 1. The SMILES string of the molecule is COc1ccc(C(O)CN(C)c2ccccc2)c(OC)c1. The van der Waals surface area contributed by atoms with E-state index in [1.807, 2.05) is 54.4 Å². The zero-order chi connectivity index (χ0) is 15.2. The largest absolute Gasteiger partial charge is 0.497 e. The van der Waals surface area contributed by atoms with Crippen molar-refractivity contribution in [2.45, 2.75) is 6.10 Å². The summed E-state index contributed by atoms with van der Waals surface area (Å²) in [6.07, 6.45) is -0.643. The first kappa shape index (κ1) is 15.2. The quantitative estimate of drug-likeness (QED) is 0.887. The van der Waals surface area contributed by atoms with Gasteiger partial charge in [-0.25, -0.2) is 0 Å². The molecule has 0 aliphatic carbocycles. The summed E-state index contributed by atoms with van der Waals surface area (Å²) in [7, 11) is 5.15. The highest BCUT2D eigenvalue weighted by Gasteiger charge is 2.16. The first-order valence-electron chi connectivity index (χ1n) is 6.82.